The smallest absolute Gasteiger partial charge is 0.255 e. The third-order valence-electron chi connectivity index (χ3n) is 4.11. The van der Waals surface area contributed by atoms with Crippen molar-refractivity contribution in [2.45, 2.75) is 26.7 Å². The van der Waals surface area contributed by atoms with E-state index in [-0.39, 0.29) is 5.91 Å². The van der Waals surface area contributed by atoms with E-state index in [0.29, 0.717) is 30.3 Å². The van der Waals surface area contributed by atoms with Crippen molar-refractivity contribution in [2.75, 3.05) is 30.4 Å². The maximum Gasteiger partial charge on any atom is 0.255 e. The SMILES string of the molecule is CCOc1ccc(C(=O)Nc2ccc3c(c2)CCCN3)cc1OCC. The number of aryl methyl sites for hydroxylation is 1. The summed E-state index contributed by atoms with van der Waals surface area (Å²) in [6.07, 6.45) is 2.14. The highest BCUT2D eigenvalue weighted by Gasteiger charge is 2.13. The summed E-state index contributed by atoms with van der Waals surface area (Å²) in [4.78, 5) is 12.6. The second kappa shape index (κ2) is 7.92. The lowest BCUT2D eigenvalue weighted by Gasteiger charge is -2.19. The highest BCUT2D eigenvalue weighted by Crippen LogP contribution is 2.29. The molecule has 25 heavy (non-hydrogen) atoms. The average molecular weight is 340 g/mol. The van der Waals surface area contributed by atoms with E-state index in [2.05, 4.69) is 10.6 Å². The van der Waals surface area contributed by atoms with E-state index in [4.69, 9.17) is 9.47 Å². The Labute approximate surface area is 148 Å². The molecule has 5 heteroatoms. The van der Waals surface area contributed by atoms with Gasteiger partial charge >= 0.3 is 0 Å². The molecule has 0 fully saturated rings. The van der Waals surface area contributed by atoms with Crippen LogP contribution in [0, 0.1) is 0 Å². The zero-order chi connectivity index (χ0) is 17.6. The van der Waals surface area contributed by atoms with E-state index in [9.17, 15) is 4.79 Å². The van der Waals surface area contributed by atoms with Crippen LogP contribution < -0.4 is 20.1 Å². The number of fused-ring (bicyclic) bond motifs is 1. The molecule has 0 atom stereocenters. The topological polar surface area (TPSA) is 59.6 Å². The second-order valence-electron chi connectivity index (χ2n) is 5.88. The molecule has 0 saturated carbocycles. The van der Waals surface area contributed by atoms with Crippen LogP contribution in [0.15, 0.2) is 36.4 Å². The lowest BCUT2D eigenvalue weighted by Crippen LogP contribution is -2.15. The highest BCUT2D eigenvalue weighted by atomic mass is 16.5. The summed E-state index contributed by atoms with van der Waals surface area (Å²) in [6.45, 7) is 5.90. The van der Waals surface area contributed by atoms with Crippen molar-refractivity contribution in [1.29, 1.82) is 0 Å². The first-order valence-corrected chi connectivity index (χ1v) is 8.79. The lowest BCUT2D eigenvalue weighted by molar-refractivity contribution is 0.102. The molecule has 1 amide bonds. The number of carbonyl (C=O) groups is 1. The van der Waals surface area contributed by atoms with Crippen LogP contribution in [-0.4, -0.2) is 25.7 Å². The summed E-state index contributed by atoms with van der Waals surface area (Å²) in [5, 5.41) is 6.34. The fourth-order valence-corrected chi connectivity index (χ4v) is 2.95. The normalized spacial score (nSPS) is 12.7. The van der Waals surface area contributed by atoms with Crippen LogP contribution in [0.5, 0.6) is 11.5 Å². The summed E-state index contributed by atoms with van der Waals surface area (Å²) >= 11 is 0. The second-order valence-corrected chi connectivity index (χ2v) is 5.88. The van der Waals surface area contributed by atoms with Crippen molar-refractivity contribution in [2.24, 2.45) is 0 Å². The number of benzene rings is 2. The fourth-order valence-electron chi connectivity index (χ4n) is 2.95. The molecule has 3 rings (SSSR count). The van der Waals surface area contributed by atoms with E-state index in [1.807, 2.05) is 32.0 Å². The van der Waals surface area contributed by atoms with Gasteiger partial charge in [-0.3, -0.25) is 4.79 Å². The molecule has 2 aromatic carbocycles. The molecule has 1 aliphatic rings. The monoisotopic (exact) mass is 340 g/mol. The van der Waals surface area contributed by atoms with Gasteiger partial charge in [0.05, 0.1) is 13.2 Å². The van der Waals surface area contributed by atoms with Crippen molar-refractivity contribution in [3.63, 3.8) is 0 Å². The van der Waals surface area contributed by atoms with Crippen molar-refractivity contribution in [3.05, 3.63) is 47.5 Å². The Kier molecular flexibility index (Phi) is 5.43. The molecule has 1 aliphatic heterocycles. The highest BCUT2D eigenvalue weighted by molar-refractivity contribution is 6.04. The number of hydrogen-bond acceptors (Lipinski definition) is 4. The van der Waals surface area contributed by atoms with Gasteiger partial charge in [-0.05, 0) is 68.7 Å². The zero-order valence-corrected chi connectivity index (χ0v) is 14.7. The Morgan fingerprint density at radius 1 is 1.08 bits per heavy atom. The predicted octanol–water partition coefficient (Wildman–Crippen LogP) is 4.09. The molecule has 0 radical (unpaired) electrons. The number of ether oxygens (including phenoxy) is 2. The molecule has 132 valence electrons. The van der Waals surface area contributed by atoms with Crippen LogP contribution in [0.2, 0.25) is 0 Å². The summed E-state index contributed by atoms with van der Waals surface area (Å²) in [5.74, 6) is 1.08. The first kappa shape index (κ1) is 17.1. The number of anilines is 2. The summed E-state index contributed by atoms with van der Waals surface area (Å²) in [5.41, 5.74) is 3.75. The van der Waals surface area contributed by atoms with Gasteiger partial charge in [0.2, 0.25) is 0 Å². The standard InChI is InChI=1S/C20H24N2O3/c1-3-24-18-10-7-15(13-19(18)25-4-2)20(23)22-16-8-9-17-14(12-16)6-5-11-21-17/h7-10,12-13,21H,3-6,11H2,1-2H3,(H,22,23). The van der Waals surface area contributed by atoms with E-state index in [1.165, 1.54) is 5.56 Å². The molecule has 0 saturated heterocycles. The Bertz CT molecular complexity index is 759. The van der Waals surface area contributed by atoms with Gasteiger partial charge in [0.25, 0.3) is 5.91 Å². The van der Waals surface area contributed by atoms with Crippen LogP contribution in [-0.2, 0) is 6.42 Å². The van der Waals surface area contributed by atoms with Crippen LogP contribution >= 0.6 is 0 Å². The average Bonchev–Trinajstić information content (AvgIpc) is 2.63. The van der Waals surface area contributed by atoms with Crippen LogP contribution in [0.3, 0.4) is 0 Å². The molecule has 0 spiro atoms. The molecular formula is C20H24N2O3. The Morgan fingerprint density at radius 2 is 1.88 bits per heavy atom. The van der Waals surface area contributed by atoms with E-state index in [1.54, 1.807) is 18.2 Å². The number of hydrogen-bond donors (Lipinski definition) is 2. The predicted molar refractivity (Wildman–Crippen MR) is 100.0 cm³/mol. The van der Waals surface area contributed by atoms with Crippen molar-refractivity contribution in [3.8, 4) is 11.5 Å². The van der Waals surface area contributed by atoms with Gasteiger partial charge < -0.3 is 20.1 Å². The number of nitrogens with one attached hydrogen (secondary N) is 2. The number of carbonyl (C=O) groups excluding carboxylic acids is 1. The van der Waals surface area contributed by atoms with Crippen molar-refractivity contribution < 1.29 is 14.3 Å². The van der Waals surface area contributed by atoms with Gasteiger partial charge in [-0.1, -0.05) is 0 Å². The van der Waals surface area contributed by atoms with Crippen molar-refractivity contribution in [1.82, 2.24) is 0 Å². The van der Waals surface area contributed by atoms with Gasteiger partial charge in [0.1, 0.15) is 0 Å². The molecule has 2 N–H and O–H groups in total. The minimum absolute atomic E-state index is 0.160. The molecule has 0 unspecified atom stereocenters. The van der Waals surface area contributed by atoms with E-state index < -0.39 is 0 Å². The van der Waals surface area contributed by atoms with E-state index >= 15 is 0 Å². The first-order chi connectivity index (χ1) is 12.2. The minimum atomic E-state index is -0.160. The summed E-state index contributed by atoms with van der Waals surface area (Å²) < 4.78 is 11.1. The Hall–Kier alpha value is -2.69. The summed E-state index contributed by atoms with van der Waals surface area (Å²) in [7, 11) is 0. The van der Waals surface area contributed by atoms with Crippen LogP contribution in [0.1, 0.15) is 36.2 Å². The maximum atomic E-state index is 12.6. The maximum absolute atomic E-state index is 12.6. The molecule has 0 aromatic heterocycles. The zero-order valence-electron chi connectivity index (χ0n) is 14.7. The number of amides is 1. The lowest BCUT2D eigenvalue weighted by atomic mass is 10.0. The van der Waals surface area contributed by atoms with Gasteiger partial charge in [-0.25, -0.2) is 0 Å². The minimum Gasteiger partial charge on any atom is -0.490 e. The Balaban J connectivity index is 1.77. The Morgan fingerprint density at radius 3 is 2.68 bits per heavy atom. The molecule has 5 nitrogen and oxygen atoms in total. The third kappa shape index (κ3) is 4.05. The molecular weight excluding hydrogens is 316 g/mol. The van der Waals surface area contributed by atoms with Crippen molar-refractivity contribution >= 4 is 17.3 Å². The van der Waals surface area contributed by atoms with Gasteiger partial charge in [0, 0.05) is 23.5 Å². The molecule has 0 bridgehead atoms. The van der Waals surface area contributed by atoms with Gasteiger partial charge in [-0.2, -0.15) is 0 Å². The molecule has 0 aliphatic carbocycles. The quantitative estimate of drug-likeness (QED) is 0.831. The van der Waals surface area contributed by atoms with Gasteiger partial charge in [-0.15, -0.1) is 0 Å². The van der Waals surface area contributed by atoms with Crippen LogP contribution in [0.25, 0.3) is 0 Å². The first-order valence-electron chi connectivity index (χ1n) is 8.79. The largest absolute Gasteiger partial charge is 0.490 e. The summed E-state index contributed by atoms with van der Waals surface area (Å²) in [6, 6.07) is 11.2. The van der Waals surface area contributed by atoms with Gasteiger partial charge in [0.15, 0.2) is 11.5 Å². The van der Waals surface area contributed by atoms with Crippen LogP contribution in [0.4, 0.5) is 11.4 Å². The fraction of sp³-hybridized carbons (Fsp3) is 0.350. The molecule has 1 heterocycles. The number of rotatable bonds is 6. The van der Waals surface area contributed by atoms with E-state index in [0.717, 1.165) is 30.8 Å². The third-order valence-corrected chi connectivity index (χ3v) is 4.11. The molecule has 2 aromatic rings.